The topological polar surface area (TPSA) is 93.2 Å². The zero-order valence-electron chi connectivity index (χ0n) is 14.8. The van der Waals surface area contributed by atoms with Crippen molar-refractivity contribution in [3.63, 3.8) is 0 Å². The number of aryl methyl sites for hydroxylation is 1. The Morgan fingerprint density at radius 3 is 2.71 bits per heavy atom. The van der Waals surface area contributed by atoms with Crippen molar-refractivity contribution >= 4 is 62.9 Å². The maximum absolute atomic E-state index is 13.6. The zero-order valence-corrected chi connectivity index (χ0v) is 19.2. The first kappa shape index (κ1) is 21.1. The van der Waals surface area contributed by atoms with E-state index in [9.17, 15) is 14.0 Å². The van der Waals surface area contributed by atoms with E-state index in [4.69, 9.17) is 4.74 Å². The van der Waals surface area contributed by atoms with Crippen LogP contribution in [0.1, 0.15) is 34.5 Å². The van der Waals surface area contributed by atoms with Gasteiger partial charge < -0.3 is 10.1 Å². The van der Waals surface area contributed by atoms with Crippen LogP contribution < -0.4 is 15.4 Å². The smallest absolute Gasteiger partial charge is 0.350 e. The van der Waals surface area contributed by atoms with Gasteiger partial charge >= 0.3 is 1.87 Å². The molecule has 1 aliphatic rings. The lowest BCUT2D eigenvalue weighted by Crippen LogP contribution is -2.25. The van der Waals surface area contributed by atoms with Gasteiger partial charge in [-0.2, -0.15) is 4.39 Å². The third kappa shape index (κ3) is 6.22. The molecule has 1 aromatic heterocycles. The molecule has 0 bridgehead atoms. The van der Waals surface area contributed by atoms with Gasteiger partial charge in [0, 0.05) is 63.8 Å². The number of alkyl halides is 3. The molecule has 0 unspecified atom stereocenters. The molecule has 1 fully saturated rings. The van der Waals surface area contributed by atoms with Crippen molar-refractivity contribution in [2.45, 2.75) is 28.2 Å². The van der Waals surface area contributed by atoms with Gasteiger partial charge in [-0.3, -0.25) is 14.9 Å². The van der Waals surface area contributed by atoms with Crippen LogP contribution in [0.5, 0.6) is 5.75 Å². The van der Waals surface area contributed by atoms with Crippen molar-refractivity contribution in [1.82, 2.24) is 15.3 Å². The standard InChI is InChI=1S/C18H17FI2N4O3/c1-10-8-11(2-5-14(10)28-18(19,20)21)9-23-16(27)13-6-7-22-17(24-13)25-15(26)12-3-4-12/h2,5-8,12H,3-4,9H2,1H3,(H,23,27)(H,22,24,25,26). The van der Waals surface area contributed by atoms with Gasteiger partial charge in [0.05, 0.1) is 0 Å². The monoisotopic (exact) mass is 610 g/mol. The van der Waals surface area contributed by atoms with Gasteiger partial charge in [-0.05, 0) is 43.0 Å². The summed E-state index contributed by atoms with van der Waals surface area (Å²) in [7, 11) is 0. The number of rotatable bonds is 7. The number of nitrogens with zero attached hydrogens (tertiary/aromatic N) is 2. The van der Waals surface area contributed by atoms with E-state index in [0.717, 1.165) is 24.0 Å². The first-order valence-electron chi connectivity index (χ1n) is 8.48. The average Bonchev–Trinajstić information content (AvgIpc) is 3.46. The van der Waals surface area contributed by atoms with Gasteiger partial charge in [0.1, 0.15) is 11.4 Å². The van der Waals surface area contributed by atoms with Crippen molar-refractivity contribution in [3.05, 3.63) is 47.3 Å². The van der Waals surface area contributed by atoms with Gasteiger partial charge in [-0.25, -0.2) is 9.97 Å². The molecular formula is C18H17FI2N4O3. The summed E-state index contributed by atoms with van der Waals surface area (Å²) >= 11 is 3.11. The van der Waals surface area contributed by atoms with Gasteiger partial charge in [-0.15, -0.1) is 0 Å². The second-order valence-electron chi connectivity index (χ2n) is 6.36. The summed E-state index contributed by atoms with van der Waals surface area (Å²) in [5.41, 5.74) is 1.75. The highest BCUT2D eigenvalue weighted by Crippen LogP contribution is 2.34. The number of anilines is 1. The molecule has 0 spiro atoms. The van der Waals surface area contributed by atoms with Crippen molar-refractivity contribution in [3.8, 4) is 5.75 Å². The number of carbonyl (C=O) groups excluding carboxylic acids is 2. The van der Waals surface area contributed by atoms with E-state index in [0.29, 0.717) is 5.75 Å². The highest BCUT2D eigenvalue weighted by atomic mass is 127. The van der Waals surface area contributed by atoms with Crippen LogP contribution in [-0.4, -0.2) is 23.7 Å². The fourth-order valence-corrected chi connectivity index (χ4v) is 2.91. The second-order valence-corrected chi connectivity index (χ2v) is 11.2. The van der Waals surface area contributed by atoms with E-state index in [1.807, 2.05) is 6.07 Å². The lowest BCUT2D eigenvalue weighted by atomic mass is 10.1. The maximum atomic E-state index is 13.6. The largest absolute Gasteiger partial charge is 0.442 e. The summed E-state index contributed by atoms with van der Waals surface area (Å²) in [5.74, 6) is 0.0795. The summed E-state index contributed by atoms with van der Waals surface area (Å²) in [4.78, 5) is 32.2. The molecule has 148 valence electrons. The lowest BCUT2D eigenvalue weighted by molar-refractivity contribution is -0.117. The van der Waals surface area contributed by atoms with E-state index in [1.54, 1.807) is 64.2 Å². The van der Waals surface area contributed by atoms with Crippen LogP contribution in [0.15, 0.2) is 30.5 Å². The number of ether oxygens (including phenoxy) is 1. The number of halogens is 3. The Hall–Kier alpha value is -1.57. The Morgan fingerprint density at radius 1 is 1.32 bits per heavy atom. The summed E-state index contributed by atoms with van der Waals surface area (Å²) in [6.07, 6.45) is 3.17. The minimum absolute atomic E-state index is 0.0261. The van der Waals surface area contributed by atoms with Crippen LogP contribution in [0.3, 0.4) is 0 Å². The predicted octanol–water partition coefficient (Wildman–Crippen LogP) is 3.89. The fraction of sp³-hybridized carbons (Fsp3) is 0.333. The Morgan fingerprint density at radius 2 is 2.07 bits per heavy atom. The normalized spacial score (nSPS) is 13.7. The number of carbonyl (C=O) groups is 2. The molecule has 0 aliphatic heterocycles. The van der Waals surface area contributed by atoms with Crippen molar-refractivity contribution in [2.24, 2.45) is 5.92 Å². The number of amides is 2. The molecular weight excluding hydrogens is 593 g/mol. The summed E-state index contributed by atoms with van der Waals surface area (Å²) in [5, 5.41) is 5.38. The van der Waals surface area contributed by atoms with Crippen LogP contribution in [-0.2, 0) is 11.3 Å². The molecule has 28 heavy (non-hydrogen) atoms. The first-order chi connectivity index (χ1) is 13.2. The Balaban J connectivity index is 1.59. The first-order valence-corrected chi connectivity index (χ1v) is 10.6. The molecule has 1 saturated carbocycles. The van der Waals surface area contributed by atoms with E-state index in [-0.39, 0.29) is 35.9 Å². The van der Waals surface area contributed by atoms with Gasteiger partial charge in [0.2, 0.25) is 11.9 Å². The fourth-order valence-electron chi connectivity index (χ4n) is 2.44. The molecule has 3 rings (SSSR count). The number of benzene rings is 1. The molecule has 0 atom stereocenters. The Labute approximate surface area is 188 Å². The van der Waals surface area contributed by atoms with E-state index < -0.39 is 1.87 Å². The van der Waals surface area contributed by atoms with Crippen LogP contribution in [0.4, 0.5) is 10.3 Å². The Kier molecular flexibility index (Phi) is 6.68. The average molecular weight is 610 g/mol. The predicted molar refractivity (Wildman–Crippen MR) is 118 cm³/mol. The highest BCUT2D eigenvalue weighted by molar-refractivity contribution is 14.2. The minimum atomic E-state index is -1.82. The molecule has 7 nitrogen and oxygen atoms in total. The third-order valence-corrected chi connectivity index (χ3v) is 4.43. The number of aromatic nitrogens is 2. The van der Waals surface area contributed by atoms with Crippen molar-refractivity contribution < 1.29 is 18.7 Å². The molecule has 10 heteroatoms. The van der Waals surface area contributed by atoms with Crippen molar-refractivity contribution in [2.75, 3.05) is 5.32 Å². The summed E-state index contributed by atoms with van der Waals surface area (Å²) in [6, 6.07) is 6.71. The number of nitrogens with one attached hydrogen (secondary N) is 2. The zero-order chi connectivity index (χ0) is 20.3. The molecule has 2 aromatic rings. The SMILES string of the molecule is Cc1cc(CNC(=O)c2ccnc(NC(=O)C3CC3)n2)ccc1OC(F)(I)I. The van der Waals surface area contributed by atoms with Crippen molar-refractivity contribution in [1.29, 1.82) is 0 Å². The number of hydrogen-bond donors (Lipinski definition) is 2. The van der Waals surface area contributed by atoms with Gasteiger partial charge in [0.15, 0.2) is 0 Å². The van der Waals surface area contributed by atoms with Gasteiger partial charge in [0.25, 0.3) is 5.91 Å². The molecule has 0 radical (unpaired) electrons. The van der Waals surface area contributed by atoms with Crippen LogP contribution in [0, 0.1) is 12.8 Å². The molecule has 1 aliphatic carbocycles. The second kappa shape index (κ2) is 8.84. The highest BCUT2D eigenvalue weighted by Gasteiger charge is 2.30. The van der Waals surface area contributed by atoms with Crippen LogP contribution >= 0.6 is 45.2 Å². The summed E-state index contributed by atoms with van der Waals surface area (Å²) < 4.78 is 17.0. The molecule has 2 N–H and O–H groups in total. The van der Waals surface area contributed by atoms with Crippen LogP contribution in [0.25, 0.3) is 0 Å². The molecule has 1 heterocycles. The Bertz CT molecular complexity index is 901. The quantitative estimate of drug-likeness (QED) is 0.367. The van der Waals surface area contributed by atoms with Crippen LogP contribution in [0.2, 0.25) is 0 Å². The number of hydrogen-bond acceptors (Lipinski definition) is 5. The van der Waals surface area contributed by atoms with E-state index in [2.05, 4.69) is 20.6 Å². The van der Waals surface area contributed by atoms with E-state index in [1.165, 1.54) is 12.3 Å². The summed E-state index contributed by atoms with van der Waals surface area (Å²) in [6.45, 7) is 2.07. The third-order valence-electron chi connectivity index (χ3n) is 3.99. The minimum Gasteiger partial charge on any atom is -0.442 e. The molecule has 2 amide bonds. The lowest BCUT2D eigenvalue weighted by Gasteiger charge is -2.16. The maximum Gasteiger partial charge on any atom is 0.350 e. The van der Waals surface area contributed by atoms with Gasteiger partial charge in [-0.1, -0.05) is 12.1 Å². The molecule has 1 aromatic carbocycles. The van der Waals surface area contributed by atoms with E-state index >= 15 is 0 Å². The molecule has 0 saturated heterocycles.